The van der Waals surface area contributed by atoms with Crippen LogP contribution in [0.2, 0.25) is 0 Å². The third-order valence-electron chi connectivity index (χ3n) is 5.13. The minimum absolute atomic E-state index is 0. The van der Waals surface area contributed by atoms with Gasteiger partial charge in [-0.2, -0.15) is 0 Å². The molecule has 1 atom stereocenters. The molecule has 1 aromatic rings. The van der Waals surface area contributed by atoms with E-state index in [1.165, 1.54) is 5.56 Å². The molecule has 0 amide bonds. The van der Waals surface area contributed by atoms with E-state index in [0.717, 1.165) is 37.6 Å². The van der Waals surface area contributed by atoms with Crippen molar-refractivity contribution in [2.45, 2.75) is 18.8 Å². The molecule has 2 saturated heterocycles. The van der Waals surface area contributed by atoms with E-state index < -0.39 is 10.0 Å². The van der Waals surface area contributed by atoms with Gasteiger partial charge in [0.2, 0.25) is 10.0 Å². The van der Waals surface area contributed by atoms with Crippen LogP contribution < -0.4 is 10.1 Å². The Morgan fingerprint density at radius 2 is 2.04 bits per heavy atom. The fraction of sp³-hybridized carbons (Fsp3) is 0.611. The maximum Gasteiger partial charge on any atom is 0.214 e. The van der Waals surface area contributed by atoms with Gasteiger partial charge in [-0.15, -0.1) is 24.0 Å². The molecule has 9 heteroatoms. The van der Waals surface area contributed by atoms with Crippen LogP contribution >= 0.6 is 24.0 Å². The van der Waals surface area contributed by atoms with Gasteiger partial charge in [0.15, 0.2) is 5.96 Å². The summed E-state index contributed by atoms with van der Waals surface area (Å²) in [7, 11) is 0.418. The molecule has 0 aromatic heterocycles. The minimum Gasteiger partial charge on any atom is -0.497 e. The third-order valence-corrected chi connectivity index (χ3v) is 7.09. The van der Waals surface area contributed by atoms with E-state index in [9.17, 15) is 8.42 Å². The summed E-state index contributed by atoms with van der Waals surface area (Å²) in [6.07, 6.45) is 1.81. The first-order valence-electron chi connectivity index (χ1n) is 9.11. The summed E-state index contributed by atoms with van der Waals surface area (Å²) in [6, 6.07) is 8.26. The first-order valence-corrected chi connectivity index (χ1v) is 10.7. The number of rotatable bonds is 5. The van der Waals surface area contributed by atoms with Crippen molar-refractivity contribution in [1.82, 2.24) is 14.5 Å². The number of ether oxygens (including phenoxy) is 1. The summed E-state index contributed by atoms with van der Waals surface area (Å²) in [4.78, 5) is 6.61. The molecule has 1 N–H and O–H groups in total. The molecule has 2 aliphatic heterocycles. The van der Waals surface area contributed by atoms with E-state index in [0.29, 0.717) is 25.6 Å². The lowest BCUT2D eigenvalue weighted by Crippen LogP contribution is -2.43. The van der Waals surface area contributed by atoms with Crippen LogP contribution in [0.5, 0.6) is 5.75 Å². The highest BCUT2D eigenvalue weighted by atomic mass is 127. The van der Waals surface area contributed by atoms with E-state index in [1.807, 2.05) is 12.1 Å². The van der Waals surface area contributed by atoms with E-state index in [4.69, 9.17) is 4.74 Å². The van der Waals surface area contributed by atoms with Gasteiger partial charge in [-0.05, 0) is 30.5 Å². The van der Waals surface area contributed by atoms with Crippen LogP contribution in [0.15, 0.2) is 29.3 Å². The smallest absolute Gasteiger partial charge is 0.214 e. The van der Waals surface area contributed by atoms with Gasteiger partial charge in [0.25, 0.3) is 0 Å². The average molecular weight is 508 g/mol. The van der Waals surface area contributed by atoms with Gasteiger partial charge >= 0.3 is 0 Å². The molecule has 0 radical (unpaired) electrons. The molecule has 0 saturated carbocycles. The second-order valence-electron chi connectivity index (χ2n) is 6.75. The van der Waals surface area contributed by atoms with Gasteiger partial charge in [0, 0.05) is 45.7 Å². The van der Waals surface area contributed by atoms with Crippen LogP contribution in [0.25, 0.3) is 0 Å². The zero-order valence-electron chi connectivity index (χ0n) is 15.9. The Balaban J connectivity index is 0.00000261. The standard InChI is InChI=1S/C18H28N4O3S.HI/c1-19-18(20-9-12-22-10-3-13-26(22,23)24)21-11-8-16(14-21)15-4-6-17(25-2)7-5-15;/h4-7,16H,3,8-14H2,1-2H3,(H,19,20);1H. The summed E-state index contributed by atoms with van der Waals surface area (Å²) in [6.45, 7) is 3.56. The first kappa shape index (κ1) is 22.2. The monoisotopic (exact) mass is 508 g/mol. The number of sulfonamides is 1. The Morgan fingerprint density at radius 3 is 2.63 bits per heavy atom. The van der Waals surface area contributed by atoms with Crippen LogP contribution in [0, 0.1) is 0 Å². The predicted octanol–water partition coefficient (Wildman–Crippen LogP) is 1.71. The molecule has 0 bridgehead atoms. The Morgan fingerprint density at radius 1 is 1.30 bits per heavy atom. The largest absolute Gasteiger partial charge is 0.497 e. The fourth-order valence-corrected chi connectivity index (χ4v) is 5.20. The second kappa shape index (κ2) is 9.92. The van der Waals surface area contributed by atoms with E-state index in [-0.39, 0.29) is 29.7 Å². The van der Waals surface area contributed by atoms with Crippen LogP contribution in [-0.4, -0.2) is 76.2 Å². The van der Waals surface area contributed by atoms with Gasteiger partial charge in [-0.1, -0.05) is 12.1 Å². The normalized spacial score (nSPS) is 22.5. The number of nitrogens with one attached hydrogen (secondary N) is 1. The fourth-order valence-electron chi connectivity index (χ4n) is 3.67. The Kier molecular flexibility index (Phi) is 8.17. The van der Waals surface area contributed by atoms with Gasteiger partial charge in [0.1, 0.15) is 5.75 Å². The Hall–Kier alpha value is -1.07. The molecule has 2 fully saturated rings. The highest BCUT2D eigenvalue weighted by molar-refractivity contribution is 14.0. The topological polar surface area (TPSA) is 74.2 Å². The van der Waals surface area contributed by atoms with Crippen molar-refractivity contribution in [1.29, 1.82) is 0 Å². The molecule has 152 valence electrons. The van der Waals surface area contributed by atoms with E-state index in [1.54, 1.807) is 18.5 Å². The highest BCUT2D eigenvalue weighted by Gasteiger charge is 2.29. The van der Waals surface area contributed by atoms with Crippen LogP contribution in [0.3, 0.4) is 0 Å². The van der Waals surface area contributed by atoms with E-state index in [2.05, 4.69) is 27.3 Å². The van der Waals surface area contributed by atoms with Gasteiger partial charge in [-0.3, -0.25) is 4.99 Å². The second-order valence-corrected chi connectivity index (χ2v) is 8.84. The lowest BCUT2D eigenvalue weighted by Gasteiger charge is -2.23. The zero-order chi connectivity index (χ0) is 18.6. The Labute approximate surface area is 179 Å². The number of halogens is 1. The molecule has 3 rings (SSSR count). The molecule has 2 aliphatic rings. The van der Waals surface area contributed by atoms with Crippen molar-refractivity contribution in [3.8, 4) is 5.75 Å². The average Bonchev–Trinajstić information content (AvgIpc) is 3.25. The minimum atomic E-state index is -3.03. The molecular weight excluding hydrogens is 479 g/mol. The summed E-state index contributed by atoms with van der Waals surface area (Å²) in [5, 5.41) is 3.32. The lowest BCUT2D eigenvalue weighted by molar-refractivity contribution is 0.414. The van der Waals surface area contributed by atoms with Gasteiger partial charge in [-0.25, -0.2) is 12.7 Å². The van der Waals surface area contributed by atoms with Crippen LogP contribution in [0.4, 0.5) is 0 Å². The number of aliphatic imine (C=N–C) groups is 1. The number of guanidine groups is 1. The van der Waals surface area contributed by atoms with Crippen molar-refractivity contribution < 1.29 is 13.2 Å². The van der Waals surface area contributed by atoms with Crippen LogP contribution in [-0.2, 0) is 10.0 Å². The molecule has 7 nitrogen and oxygen atoms in total. The first-order chi connectivity index (χ1) is 12.5. The van der Waals surface area contributed by atoms with Crippen molar-refractivity contribution in [2.24, 2.45) is 4.99 Å². The molecule has 2 heterocycles. The summed E-state index contributed by atoms with van der Waals surface area (Å²) in [5.74, 6) is 2.46. The molecule has 27 heavy (non-hydrogen) atoms. The number of methoxy groups -OCH3 is 1. The SMILES string of the molecule is CN=C(NCCN1CCCS1(=O)=O)N1CCC(c2ccc(OC)cc2)C1.I. The van der Waals surface area contributed by atoms with Gasteiger partial charge in [0.05, 0.1) is 12.9 Å². The van der Waals surface area contributed by atoms with Crippen molar-refractivity contribution >= 4 is 40.0 Å². The summed E-state index contributed by atoms with van der Waals surface area (Å²) in [5.41, 5.74) is 1.31. The lowest BCUT2D eigenvalue weighted by atomic mass is 9.98. The predicted molar refractivity (Wildman–Crippen MR) is 119 cm³/mol. The van der Waals surface area contributed by atoms with Crippen molar-refractivity contribution in [2.75, 3.05) is 52.6 Å². The number of hydrogen-bond acceptors (Lipinski definition) is 4. The summed E-state index contributed by atoms with van der Waals surface area (Å²) < 4.78 is 30.5. The van der Waals surface area contributed by atoms with E-state index >= 15 is 0 Å². The Bertz CT molecular complexity index is 739. The van der Waals surface area contributed by atoms with Crippen molar-refractivity contribution in [3.05, 3.63) is 29.8 Å². The molecule has 1 unspecified atom stereocenters. The molecule has 1 aromatic carbocycles. The number of hydrogen-bond donors (Lipinski definition) is 1. The third kappa shape index (κ3) is 5.47. The maximum atomic E-state index is 11.9. The molecule has 0 aliphatic carbocycles. The van der Waals surface area contributed by atoms with Crippen LogP contribution in [0.1, 0.15) is 24.3 Å². The zero-order valence-corrected chi connectivity index (χ0v) is 19.1. The molecular formula is C18H29IN4O3S. The number of benzene rings is 1. The number of nitrogens with zero attached hydrogens (tertiary/aromatic N) is 3. The maximum absolute atomic E-state index is 11.9. The number of likely N-dealkylation sites (tertiary alicyclic amines) is 1. The quantitative estimate of drug-likeness (QED) is 0.373. The highest BCUT2D eigenvalue weighted by Crippen LogP contribution is 2.28. The summed E-state index contributed by atoms with van der Waals surface area (Å²) >= 11 is 0. The molecule has 0 spiro atoms. The van der Waals surface area contributed by atoms with Gasteiger partial charge < -0.3 is 15.0 Å². The van der Waals surface area contributed by atoms with Crippen molar-refractivity contribution in [3.63, 3.8) is 0 Å².